The van der Waals surface area contributed by atoms with E-state index in [1.54, 1.807) is 18.2 Å². The molecule has 4 heterocycles. The van der Waals surface area contributed by atoms with Crippen molar-refractivity contribution in [3.63, 3.8) is 0 Å². The summed E-state index contributed by atoms with van der Waals surface area (Å²) < 4.78 is 5.49. The number of aryl methyl sites for hydroxylation is 1. The van der Waals surface area contributed by atoms with E-state index in [0.717, 1.165) is 44.5 Å². The van der Waals surface area contributed by atoms with Gasteiger partial charge in [0.25, 0.3) is 5.91 Å². The largest absolute Gasteiger partial charge is 0.456 e. The molecule has 0 aromatic carbocycles. The number of fused-ring (bicyclic) bond motifs is 2. The second-order valence-electron chi connectivity index (χ2n) is 7.56. The maximum absolute atomic E-state index is 12.8. The van der Waals surface area contributed by atoms with Crippen molar-refractivity contribution in [1.29, 1.82) is 0 Å². The number of imidazole rings is 1. The van der Waals surface area contributed by atoms with Crippen LogP contribution in [0.15, 0.2) is 27.7 Å². The third-order valence-electron chi connectivity index (χ3n) is 5.87. The van der Waals surface area contributed by atoms with E-state index in [1.807, 2.05) is 0 Å². The molecule has 0 unspecified atom stereocenters. The highest BCUT2D eigenvalue weighted by atomic mass is 16.3. The fourth-order valence-electron chi connectivity index (χ4n) is 4.62. The lowest BCUT2D eigenvalue weighted by Crippen LogP contribution is -2.57. The van der Waals surface area contributed by atoms with Crippen molar-refractivity contribution in [2.24, 2.45) is 0 Å². The van der Waals surface area contributed by atoms with Crippen LogP contribution in [-0.2, 0) is 12.0 Å². The van der Waals surface area contributed by atoms with Gasteiger partial charge in [-0.15, -0.1) is 0 Å². The van der Waals surface area contributed by atoms with Crippen LogP contribution in [0.2, 0.25) is 0 Å². The van der Waals surface area contributed by atoms with E-state index in [0.29, 0.717) is 18.8 Å². The summed E-state index contributed by atoms with van der Waals surface area (Å²) in [5.74, 6) is 0.387. The van der Waals surface area contributed by atoms with Gasteiger partial charge in [0.2, 0.25) is 0 Å². The highest BCUT2D eigenvalue weighted by Crippen LogP contribution is 2.42. The number of carbonyl (C=O) groups is 1. The normalized spacial score (nSPS) is 19.3. The van der Waals surface area contributed by atoms with Crippen molar-refractivity contribution in [2.75, 3.05) is 26.2 Å². The van der Waals surface area contributed by atoms with Crippen LogP contribution < -0.4 is 5.43 Å². The first kappa shape index (κ1) is 18.0. The molecule has 4 rings (SSSR count). The minimum Gasteiger partial charge on any atom is -0.456 e. The fourth-order valence-corrected chi connectivity index (χ4v) is 4.62. The van der Waals surface area contributed by atoms with E-state index in [2.05, 4.69) is 21.8 Å². The number of piperidine rings is 1. The monoisotopic (exact) mass is 370 g/mol. The van der Waals surface area contributed by atoms with Gasteiger partial charge in [-0.05, 0) is 32.7 Å². The molecule has 0 radical (unpaired) electrons. The van der Waals surface area contributed by atoms with Crippen LogP contribution in [0.5, 0.6) is 0 Å². The van der Waals surface area contributed by atoms with Crippen molar-refractivity contribution in [3.8, 4) is 0 Å². The minimum atomic E-state index is -0.203. The van der Waals surface area contributed by atoms with Crippen molar-refractivity contribution in [3.05, 3.63) is 51.6 Å². The predicted octanol–water partition coefficient (Wildman–Crippen LogP) is 2.07. The Morgan fingerprint density at radius 1 is 1.30 bits per heavy atom. The van der Waals surface area contributed by atoms with Gasteiger partial charge in [0.1, 0.15) is 5.76 Å². The second-order valence-corrected chi connectivity index (χ2v) is 7.56. The maximum atomic E-state index is 12.8. The van der Waals surface area contributed by atoms with Gasteiger partial charge >= 0.3 is 0 Å². The number of amides is 1. The van der Waals surface area contributed by atoms with Crippen LogP contribution in [-0.4, -0.2) is 51.9 Å². The molecule has 2 aromatic rings. The van der Waals surface area contributed by atoms with Gasteiger partial charge in [-0.25, -0.2) is 4.98 Å². The number of likely N-dealkylation sites (tertiary alicyclic amines) is 1. The molecule has 1 N–H and O–H groups in total. The summed E-state index contributed by atoms with van der Waals surface area (Å²) in [6.45, 7) is 7.20. The molecular formula is C20H26N4O3. The number of hydrogen-bond acceptors (Lipinski definition) is 5. The van der Waals surface area contributed by atoms with Crippen molar-refractivity contribution < 1.29 is 9.21 Å². The number of aromatic amines is 1. The van der Waals surface area contributed by atoms with Gasteiger partial charge in [-0.3, -0.25) is 14.5 Å². The summed E-state index contributed by atoms with van der Waals surface area (Å²) in [4.78, 5) is 36.8. The number of nitrogens with one attached hydrogen (secondary N) is 1. The summed E-state index contributed by atoms with van der Waals surface area (Å²) in [5, 5.41) is 0. The number of rotatable bonds is 3. The standard InChI is InChI=1S/C20H26N4O3/c1-3-7-24-8-4-16-18(22-13-21-16)20(24)5-9-23(10-6-20)19(26)17-12-15(25)11-14(2)27-17/h11-13H,3-10H2,1-2H3,(H,21,22). The molecule has 2 aromatic heterocycles. The van der Waals surface area contributed by atoms with Gasteiger partial charge < -0.3 is 14.3 Å². The molecule has 27 heavy (non-hydrogen) atoms. The Hall–Kier alpha value is -2.41. The quantitative estimate of drug-likeness (QED) is 0.894. The van der Waals surface area contributed by atoms with Gasteiger partial charge in [0.15, 0.2) is 11.2 Å². The van der Waals surface area contributed by atoms with Crippen molar-refractivity contribution in [2.45, 2.75) is 45.1 Å². The summed E-state index contributed by atoms with van der Waals surface area (Å²) in [6.07, 6.45) is 5.56. The Bertz CT molecular complexity index is 893. The molecule has 1 saturated heterocycles. The smallest absolute Gasteiger partial charge is 0.289 e. The van der Waals surface area contributed by atoms with Crippen LogP contribution in [0, 0.1) is 6.92 Å². The van der Waals surface area contributed by atoms with Gasteiger partial charge in [0, 0.05) is 43.9 Å². The van der Waals surface area contributed by atoms with E-state index in [9.17, 15) is 9.59 Å². The minimum absolute atomic E-state index is 0.103. The third-order valence-corrected chi connectivity index (χ3v) is 5.87. The number of aromatic nitrogens is 2. The Morgan fingerprint density at radius 3 is 2.78 bits per heavy atom. The number of hydrogen-bond donors (Lipinski definition) is 1. The zero-order valence-corrected chi connectivity index (χ0v) is 16.0. The number of nitrogens with zero attached hydrogens (tertiary/aromatic N) is 3. The molecule has 7 nitrogen and oxygen atoms in total. The van der Waals surface area contributed by atoms with Crippen LogP contribution >= 0.6 is 0 Å². The predicted molar refractivity (Wildman–Crippen MR) is 101 cm³/mol. The summed E-state index contributed by atoms with van der Waals surface area (Å²) >= 11 is 0. The fraction of sp³-hybridized carbons (Fsp3) is 0.550. The Morgan fingerprint density at radius 2 is 2.07 bits per heavy atom. The molecule has 0 bridgehead atoms. The van der Waals surface area contributed by atoms with Crippen LogP contribution in [0.3, 0.4) is 0 Å². The van der Waals surface area contributed by atoms with Crippen LogP contribution in [0.25, 0.3) is 0 Å². The van der Waals surface area contributed by atoms with Crippen LogP contribution in [0.4, 0.5) is 0 Å². The first-order valence-corrected chi connectivity index (χ1v) is 9.72. The SMILES string of the molecule is CCCN1CCc2[nH]cnc2C12CCN(C(=O)c1cc(=O)cc(C)o1)CC2. The van der Waals surface area contributed by atoms with E-state index >= 15 is 0 Å². The van der Waals surface area contributed by atoms with E-state index in [-0.39, 0.29) is 22.6 Å². The van der Waals surface area contributed by atoms with Crippen LogP contribution in [0.1, 0.15) is 53.9 Å². The average molecular weight is 370 g/mol. The first-order valence-electron chi connectivity index (χ1n) is 9.72. The lowest BCUT2D eigenvalue weighted by atomic mass is 9.78. The molecule has 1 spiro atoms. The molecule has 0 aliphatic carbocycles. The molecule has 7 heteroatoms. The Balaban J connectivity index is 1.57. The third kappa shape index (κ3) is 3.10. The molecule has 2 aliphatic rings. The number of H-pyrrole nitrogens is 1. The lowest BCUT2D eigenvalue weighted by Gasteiger charge is -2.50. The summed E-state index contributed by atoms with van der Waals surface area (Å²) in [7, 11) is 0. The molecule has 1 fully saturated rings. The van der Waals surface area contributed by atoms with Crippen molar-refractivity contribution >= 4 is 5.91 Å². The first-order chi connectivity index (χ1) is 13.0. The zero-order valence-electron chi connectivity index (χ0n) is 16.0. The topological polar surface area (TPSA) is 82.4 Å². The molecular weight excluding hydrogens is 344 g/mol. The highest BCUT2D eigenvalue weighted by molar-refractivity contribution is 5.91. The molecule has 2 aliphatic heterocycles. The lowest BCUT2D eigenvalue weighted by molar-refractivity contribution is 0.00600. The van der Waals surface area contributed by atoms with E-state index in [1.165, 1.54) is 17.8 Å². The van der Waals surface area contributed by atoms with Gasteiger partial charge in [-0.2, -0.15) is 0 Å². The highest BCUT2D eigenvalue weighted by Gasteiger charge is 2.47. The number of carbonyl (C=O) groups excluding carboxylic acids is 1. The average Bonchev–Trinajstić information content (AvgIpc) is 3.13. The zero-order chi connectivity index (χ0) is 19.0. The summed E-state index contributed by atoms with van der Waals surface area (Å²) in [6, 6.07) is 2.68. The Labute approximate surface area is 158 Å². The van der Waals surface area contributed by atoms with E-state index < -0.39 is 0 Å². The molecule has 144 valence electrons. The van der Waals surface area contributed by atoms with Gasteiger partial charge in [-0.1, -0.05) is 6.92 Å². The Kier molecular flexibility index (Phi) is 4.63. The molecule has 0 saturated carbocycles. The van der Waals surface area contributed by atoms with Gasteiger partial charge in [0.05, 0.1) is 17.6 Å². The second kappa shape index (κ2) is 6.96. The van der Waals surface area contributed by atoms with Crippen molar-refractivity contribution in [1.82, 2.24) is 19.8 Å². The molecule has 1 amide bonds. The maximum Gasteiger partial charge on any atom is 0.289 e. The summed E-state index contributed by atoms with van der Waals surface area (Å²) in [5.41, 5.74) is 2.08. The molecule has 0 atom stereocenters. The van der Waals surface area contributed by atoms with E-state index in [4.69, 9.17) is 4.42 Å².